The van der Waals surface area contributed by atoms with Crippen molar-refractivity contribution < 1.29 is 10.0 Å². The number of H-pyrrole nitrogens is 2. The highest BCUT2D eigenvalue weighted by molar-refractivity contribution is 5.75. The molecule has 1 aromatic heterocycles. The van der Waals surface area contributed by atoms with Crippen LogP contribution in [0, 0.1) is 10.1 Å². The Kier molecular flexibility index (Phi) is 5.21. The summed E-state index contributed by atoms with van der Waals surface area (Å²) in [4.78, 5) is 37.2. The molecule has 0 aliphatic carbocycles. The lowest BCUT2D eigenvalue weighted by Crippen LogP contribution is -2.25. The van der Waals surface area contributed by atoms with E-state index in [0.29, 0.717) is 11.4 Å². The average Bonchev–Trinajstić information content (AvgIpc) is 2.66. The minimum absolute atomic E-state index is 0.121. The van der Waals surface area contributed by atoms with Crippen molar-refractivity contribution in [3.05, 3.63) is 90.7 Å². The summed E-state index contributed by atoms with van der Waals surface area (Å²) >= 11 is 0. The van der Waals surface area contributed by atoms with E-state index in [1.165, 1.54) is 24.3 Å². The second-order valence-corrected chi connectivity index (χ2v) is 5.54. The number of benzene rings is 2. The van der Waals surface area contributed by atoms with Gasteiger partial charge in [-0.15, -0.1) is 0 Å². The van der Waals surface area contributed by atoms with Crippen molar-refractivity contribution in [1.29, 1.82) is 0 Å². The molecule has 2 aromatic carbocycles. The summed E-state index contributed by atoms with van der Waals surface area (Å²) in [6, 6.07) is 13.4. The summed E-state index contributed by atoms with van der Waals surface area (Å²) in [6.07, 6.45) is 2.47. The second kappa shape index (κ2) is 7.91. The predicted molar refractivity (Wildman–Crippen MR) is 102 cm³/mol. The number of aromatic hydroxyl groups is 1. The van der Waals surface area contributed by atoms with Gasteiger partial charge in [0.05, 0.1) is 16.3 Å². The van der Waals surface area contributed by atoms with Crippen LogP contribution in [0.1, 0.15) is 11.3 Å². The van der Waals surface area contributed by atoms with E-state index in [-0.39, 0.29) is 17.0 Å². The van der Waals surface area contributed by atoms with Crippen LogP contribution < -0.4 is 11.2 Å². The molecular weight excluding hydrogens is 366 g/mol. The molecule has 28 heavy (non-hydrogen) atoms. The molecule has 0 fully saturated rings. The van der Waals surface area contributed by atoms with Gasteiger partial charge in [0, 0.05) is 5.56 Å². The van der Waals surface area contributed by atoms with Gasteiger partial charge in [0.25, 0.3) is 0 Å². The van der Waals surface area contributed by atoms with Gasteiger partial charge in [-0.25, -0.2) is 4.79 Å². The van der Waals surface area contributed by atoms with Crippen LogP contribution in [-0.2, 0) is 0 Å². The van der Waals surface area contributed by atoms with Gasteiger partial charge in [0.1, 0.15) is 11.4 Å². The smallest absolute Gasteiger partial charge is 0.357 e. The van der Waals surface area contributed by atoms with Gasteiger partial charge in [-0.05, 0) is 42.5 Å². The summed E-state index contributed by atoms with van der Waals surface area (Å²) in [6.45, 7) is 0. The molecule has 140 valence electrons. The summed E-state index contributed by atoms with van der Waals surface area (Å²) < 4.78 is 0. The molecule has 10 nitrogen and oxygen atoms in total. The van der Waals surface area contributed by atoms with Gasteiger partial charge in [0.2, 0.25) is 0 Å². The SMILES string of the molecule is O=c1[nH]c(C=Cc2cc(N=Nc3ccccc3)ccc2O)c([N+](=O)[O-])c(=O)[nH]1. The minimum Gasteiger partial charge on any atom is -0.507 e. The fraction of sp³-hybridized carbons (Fsp3) is 0. The third kappa shape index (κ3) is 4.25. The Morgan fingerprint density at radius 1 is 0.964 bits per heavy atom. The lowest BCUT2D eigenvalue weighted by molar-refractivity contribution is -0.386. The summed E-state index contributed by atoms with van der Waals surface area (Å²) in [5.41, 5.74) is -1.78. The van der Waals surface area contributed by atoms with E-state index in [0.717, 1.165) is 6.08 Å². The number of nitrogens with zero attached hydrogens (tertiary/aromatic N) is 3. The van der Waals surface area contributed by atoms with E-state index in [1.54, 1.807) is 17.1 Å². The Hall–Kier alpha value is -4.34. The highest BCUT2D eigenvalue weighted by Crippen LogP contribution is 2.27. The van der Waals surface area contributed by atoms with Gasteiger partial charge in [-0.3, -0.25) is 19.9 Å². The van der Waals surface area contributed by atoms with Gasteiger partial charge in [-0.2, -0.15) is 10.2 Å². The molecule has 0 amide bonds. The third-order valence-electron chi connectivity index (χ3n) is 3.61. The van der Waals surface area contributed by atoms with Crippen molar-refractivity contribution in [1.82, 2.24) is 9.97 Å². The van der Waals surface area contributed by atoms with Crippen LogP contribution in [0.4, 0.5) is 17.1 Å². The van der Waals surface area contributed by atoms with E-state index in [4.69, 9.17) is 0 Å². The van der Waals surface area contributed by atoms with Crippen LogP contribution >= 0.6 is 0 Å². The molecule has 3 rings (SSSR count). The topological polar surface area (TPSA) is 154 Å². The van der Waals surface area contributed by atoms with Crippen molar-refractivity contribution in [2.45, 2.75) is 0 Å². The van der Waals surface area contributed by atoms with Crippen molar-refractivity contribution in [2.75, 3.05) is 0 Å². The molecular formula is C18H13N5O5. The van der Waals surface area contributed by atoms with Crippen LogP contribution in [0.3, 0.4) is 0 Å². The van der Waals surface area contributed by atoms with Gasteiger partial charge in [-0.1, -0.05) is 18.2 Å². The zero-order chi connectivity index (χ0) is 20.1. The molecule has 0 bridgehead atoms. The highest BCUT2D eigenvalue weighted by atomic mass is 16.6. The molecule has 0 spiro atoms. The lowest BCUT2D eigenvalue weighted by atomic mass is 10.1. The van der Waals surface area contributed by atoms with E-state index in [1.807, 2.05) is 18.2 Å². The molecule has 3 N–H and O–H groups in total. The molecule has 0 radical (unpaired) electrons. The first kappa shape index (κ1) is 18.5. The van der Waals surface area contributed by atoms with Crippen LogP contribution in [0.15, 0.2) is 68.3 Å². The molecule has 0 saturated carbocycles. The molecule has 0 aliphatic rings. The number of aromatic nitrogens is 2. The number of aromatic amines is 2. The van der Waals surface area contributed by atoms with E-state index >= 15 is 0 Å². The predicted octanol–water partition coefficient (Wildman–Crippen LogP) is 3.26. The minimum atomic E-state index is -1.12. The van der Waals surface area contributed by atoms with E-state index in [9.17, 15) is 24.8 Å². The maximum atomic E-state index is 11.6. The first-order valence-electron chi connectivity index (χ1n) is 7.93. The van der Waals surface area contributed by atoms with E-state index < -0.39 is 21.9 Å². The molecule has 1 heterocycles. The zero-order valence-corrected chi connectivity index (χ0v) is 14.2. The number of phenols is 1. The molecule has 0 aliphatic heterocycles. The Labute approximate surface area is 156 Å². The molecule has 0 saturated heterocycles. The standard InChI is InChI=1S/C18H13N5O5/c24-15-9-7-13(22-21-12-4-2-1-3-5-12)10-11(15)6-8-14-16(23(27)28)17(25)20-18(26)19-14/h1-10,24H,(H2,19,20,25,26). The fourth-order valence-corrected chi connectivity index (χ4v) is 2.32. The lowest BCUT2D eigenvalue weighted by Gasteiger charge is -2.01. The first-order chi connectivity index (χ1) is 13.4. The summed E-state index contributed by atoms with van der Waals surface area (Å²) in [5, 5.41) is 29.2. The first-order valence-corrected chi connectivity index (χ1v) is 7.93. The Morgan fingerprint density at radius 3 is 2.39 bits per heavy atom. The van der Waals surface area contributed by atoms with Crippen molar-refractivity contribution in [3.63, 3.8) is 0 Å². The average molecular weight is 379 g/mol. The monoisotopic (exact) mass is 379 g/mol. The number of nitrogens with one attached hydrogen (secondary N) is 2. The van der Waals surface area contributed by atoms with Gasteiger partial charge in [0.15, 0.2) is 0 Å². The number of phenolic OH excluding ortho intramolecular Hbond substituents is 1. The maximum absolute atomic E-state index is 11.6. The number of azo groups is 1. The molecule has 0 atom stereocenters. The van der Waals surface area contributed by atoms with Crippen LogP contribution in [0.25, 0.3) is 12.2 Å². The summed E-state index contributed by atoms with van der Waals surface area (Å²) in [7, 11) is 0. The number of hydrogen-bond donors (Lipinski definition) is 3. The van der Waals surface area contributed by atoms with Crippen molar-refractivity contribution >= 4 is 29.2 Å². The Morgan fingerprint density at radius 2 is 1.68 bits per heavy atom. The fourth-order valence-electron chi connectivity index (χ4n) is 2.32. The number of rotatable bonds is 5. The van der Waals surface area contributed by atoms with Gasteiger partial charge >= 0.3 is 16.9 Å². The van der Waals surface area contributed by atoms with Crippen molar-refractivity contribution in [3.8, 4) is 5.75 Å². The number of hydrogen-bond acceptors (Lipinski definition) is 7. The Balaban J connectivity index is 1.95. The molecule has 3 aromatic rings. The van der Waals surface area contributed by atoms with E-state index in [2.05, 4.69) is 15.2 Å². The van der Waals surface area contributed by atoms with Crippen LogP contribution in [0.5, 0.6) is 5.75 Å². The normalized spacial score (nSPS) is 11.3. The third-order valence-corrected chi connectivity index (χ3v) is 3.61. The highest BCUT2D eigenvalue weighted by Gasteiger charge is 2.18. The van der Waals surface area contributed by atoms with Crippen molar-refractivity contribution in [2.24, 2.45) is 10.2 Å². The number of nitro groups is 1. The van der Waals surface area contributed by atoms with Crippen LogP contribution in [0.2, 0.25) is 0 Å². The summed E-state index contributed by atoms with van der Waals surface area (Å²) in [5.74, 6) is -0.121. The largest absolute Gasteiger partial charge is 0.507 e. The second-order valence-electron chi connectivity index (χ2n) is 5.54. The maximum Gasteiger partial charge on any atom is 0.357 e. The molecule has 10 heteroatoms. The quantitative estimate of drug-likeness (QED) is 0.353. The molecule has 0 unspecified atom stereocenters. The van der Waals surface area contributed by atoms with Gasteiger partial charge < -0.3 is 10.1 Å². The Bertz CT molecular complexity index is 1190. The zero-order valence-electron chi connectivity index (χ0n) is 14.2. The van der Waals surface area contributed by atoms with Crippen LogP contribution in [-0.4, -0.2) is 20.0 Å².